The summed E-state index contributed by atoms with van der Waals surface area (Å²) >= 11 is 3.35. The standard InChI is InChI=1S/C18H15BrFN3O2/c19-14-3-7-16(8-4-14)23-11-13(9-17(23)24)18(25)22-21-10-12-1-5-15(20)6-2-12/h1-8,10,13H,9,11H2,(H,22,25)/b21-10-/t13-/m0/s1. The lowest BCUT2D eigenvalue weighted by Crippen LogP contribution is -2.30. The highest BCUT2D eigenvalue weighted by atomic mass is 79.9. The third kappa shape index (κ3) is 4.30. The van der Waals surface area contributed by atoms with Crippen molar-refractivity contribution in [1.29, 1.82) is 0 Å². The number of benzene rings is 2. The third-order valence-corrected chi connectivity index (χ3v) is 4.42. The molecule has 0 spiro atoms. The molecule has 0 bridgehead atoms. The molecule has 1 aliphatic heterocycles. The normalized spacial score (nSPS) is 17.3. The van der Waals surface area contributed by atoms with Crippen LogP contribution in [0.25, 0.3) is 0 Å². The first-order valence-electron chi connectivity index (χ1n) is 7.67. The molecule has 3 rings (SSSR count). The summed E-state index contributed by atoms with van der Waals surface area (Å²) in [6.07, 6.45) is 1.58. The minimum atomic E-state index is -0.457. The lowest BCUT2D eigenvalue weighted by molar-refractivity contribution is -0.126. The summed E-state index contributed by atoms with van der Waals surface area (Å²) in [7, 11) is 0. The number of carbonyl (C=O) groups is 2. The molecule has 0 radical (unpaired) electrons. The Morgan fingerprint density at radius 1 is 1.20 bits per heavy atom. The van der Waals surface area contributed by atoms with E-state index in [1.54, 1.807) is 17.0 Å². The van der Waals surface area contributed by atoms with Gasteiger partial charge in [0.15, 0.2) is 0 Å². The van der Waals surface area contributed by atoms with Crippen molar-refractivity contribution in [2.75, 3.05) is 11.4 Å². The minimum Gasteiger partial charge on any atom is -0.312 e. The van der Waals surface area contributed by atoms with Crippen LogP contribution in [0.4, 0.5) is 10.1 Å². The summed E-state index contributed by atoms with van der Waals surface area (Å²) in [6.45, 7) is 0.318. The number of hydrazone groups is 1. The first kappa shape index (κ1) is 17.3. The zero-order chi connectivity index (χ0) is 17.8. The Labute approximate surface area is 152 Å². The van der Waals surface area contributed by atoms with Gasteiger partial charge in [-0.2, -0.15) is 5.10 Å². The summed E-state index contributed by atoms with van der Waals surface area (Å²) in [5.41, 5.74) is 3.87. The Morgan fingerprint density at radius 3 is 2.56 bits per heavy atom. The van der Waals surface area contributed by atoms with E-state index < -0.39 is 5.92 Å². The van der Waals surface area contributed by atoms with E-state index in [1.165, 1.54) is 18.3 Å². The van der Waals surface area contributed by atoms with Crippen LogP contribution in [0, 0.1) is 11.7 Å². The van der Waals surface area contributed by atoms with Crippen LogP contribution in [-0.4, -0.2) is 24.6 Å². The molecule has 7 heteroatoms. The van der Waals surface area contributed by atoms with Crippen LogP contribution in [0.3, 0.4) is 0 Å². The number of carbonyl (C=O) groups excluding carboxylic acids is 2. The van der Waals surface area contributed by atoms with E-state index in [0.717, 1.165) is 10.2 Å². The Kier molecular flexibility index (Phi) is 5.23. The molecule has 0 unspecified atom stereocenters. The Morgan fingerprint density at radius 2 is 1.88 bits per heavy atom. The Bertz CT molecular complexity index is 806. The molecule has 5 nitrogen and oxygen atoms in total. The van der Waals surface area contributed by atoms with Gasteiger partial charge in [-0.3, -0.25) is 9.59 Å². The molecule has 1 saturated heterocycles. The fraction of sp³-hybridized carbons (Fsp3) is 0.167. The summed E-state index contributed by atoms with van der Waals surface area (Å²) in [4.78, 5) is 26.0. The molecular formula is C18H15BrFN3O2. The van der Waals surface area contributed by atoms with E-state index in [-0.39, 0.29) is 24.1 Å². The predicted octanol–water partition coefficient (Wildman–Crippen LogP) is 3.09. The van der Waals surface area contributed by atoms with Crippen LogP contribution in [0.2, 0.25) is 0 Å². The minimum absolute atomic E-state index is 0.0926. The van der Waals surface area contributed by atoms with Crippen LogP contribution in [0.1, 0.15) is 12.0 Å². The van der Waals surface area contributed by atoms with Gasteiger partial charge in [-0.25, -0.2) is 9.82 Å². The van der Waals surface area contributed by atoms with E-state index in [9.17, 15) is 14.0 Å². The maximum atomic E-state index is 12.8. The number of halogens is 2. The van der Waals surface area contributed by atoms with E-state index in [2.05, 4.69) is 26.5 Å². The molecule has 2 amide bonds. The second-order valence-corrected chi connectivity index (χ2v) is 6.58. The highest BCUT2D eigenvalue weighted by Crippen LogP contribution is 2.26. The van der Waals surface area contributed by atoms with Crippen LogP contribution >= 0.6 is 15.9 Å². The smallest absolute Gasteiger partial charge is 0.245 e. The number of rotatable bonds is 4. The molecule has 25 heavy (non-hydrogen) atoms. The lowest BCUT2D eigenvalue weighted by Gasteiger charge is -2.16. The molecule has 2 aromatic rings. The molecule has 1 heterocycles. The highest BCUT2D eigenvalue weighted by Gasteiger charge is 2.35. The fourth-order valence-electron chi connectivity index (χ4n) is 2.56. The van der Waals surface area contributed by atoms with Gasteiger partial charge in [-0.1, -0.05) is 28.1 Å². The molecule has 2 aromatic carbocycles. The number of amides is 2. The number of nitrogens with zero attached hydrogens (tertiary/aromatic N) is 2. The topological polar surface area (TPSA) is 61.8 Å². The van der Waals surface area contributed by atoms with Gasteiger partial charge < -0.3 is 4.90 Å². The van der Waals surface area contributed by atoms with E-state index in [4.69, 9.17) is 0 Å². The van der Waals surface area contributed by atoms with Crippen molar-refractivity contribution in [3.05, 3.63) is 64.4 Å². The molecule has 0 aliphatic carbocycles. The van der Waals surface area contributed by atoms with Gasteiger partial charge in [0, 0.05) is 23.1 Å². The average molecular weight is 404 g/mol. The van der Waals surface area contributed by atoms with Gasteiger partial charge in [0.25, 0.3) is 0 Å². The highest BCUT2D eigenvalue weighted by molar-refractivity contribution is 9.10. The molecule has 0 saturated carbocycles. The van der Waals surface area contributed by atoms with Crippen molar-refractivity contribution in [3.63, 3.8) is 0 Å². The second-order valence-electron chi connectivity index (χ2n) is 5.67. The van der Waals surface area contributed by atoms with Crippen LogP contribution in [0.15, 0.2) is 58.1 Å². The van der Waals surface area contributed by atoms with Crippen molar-refractivity contribution in [2.24, 2.45) is 11.0 Å². The second kappa shape index (κ2) is 7.57. The monoisotopic (exact) mass is 403 g/mol. The molecule has 1 atom stereocenters. The first-order valence-corrected chi connectivity index (χ1v) is 8.46. The van der Waals surface area contributed by atoms with Crippen LogP contribution in [-0.2, 0) is 9.59 Å². The van der Waals surface area contributed by atoms with E-state index in [1.807, 2.05) is 24.3 Å². The summed E-state index contributed by atoms with van der Waals surface area (Å²) < 4.78 is 13.7. The Hall–Kier alpha value is -2.54. The largest absolute Gasteiger partial charge is 0.312 e. The number of nitrogens with one attached hydrogen (secondary N) is 1. The van der Waals surface area contributed by atoms with Gasteiger partial charge in [-0.15, -0.1) is 0 Å². The quantitative estimate of drug-likeness (QED) is 0.629. The number of hydrogen-bond donors (Lipinski definition) is 1. The first-order chi connectivity index (χ1) is 12.0. The van der Waals surface area contributed by atoms with Gasteiger partial charge in [0.2, 0.25) is 11.8 Å². The van der Waals surface area contributed by atoms with Gasteiger partial charge in [-0.05, 0) is 42.0 Å². The van der Waals surface area contributed by atoms with Crippen molar-refractivity contribution < 1.29 is 14.0 Å². The van der Waals surface area contributed by atoms with Crippen LogP contribution < -0.4 is 10.3 Å². The number of hydrogen-bond acceptors (Lipinski definition) is 3. The molecule has 1 aliphatic rings. The molecular weight excluding hydrogens is 389 g/mol. The summed E-state index contributed by atoms with van der Waals surface area (Å²) in [5.74, 6) is -1.20. The van der Waals surface area contributed by atoms with Gasteiger partial charge >= 0.3 is 0 Å². The summed E-state index contributed by atoms with van der Waals surface area (Å²) in [5, 5.41) is 3.87. The zero-order valence-corrected chi connectivity index (χ0v) is 14.7. The SMILES string of the molecule is O=C(N/N=C\c1ccc(F)cc1)[C@H]1CC(=O)N(c2ccc(Br)cc2)C1. The van der Waals surface area contributed by atoms with Crippen molar-refractivity contribution in [2.45, 2.75) is 6.42 Å². The summed E-state index contributed by atoms with van der Waals surface area (Å²) in [6, 6.07) is 13.1. The molecule has 128 valence electrons. The Balaban J connectivity index is 1.59. The predicted molar refractivity (Wildman–Crippen MR) is 96.7 cm³/mol. The molecule has 1 fully saturated rings. The maximum absolute atomic E-state index is 12.8. The fourth-order valence-corrected chi connectivity index (χ4v) is 2.83. The lowest BCUT2D eigenvalue weighted by atomic mass is 10.1. The van der Waals surface area contributed by atoms with Crippen molar-refractivity contribution in [3.8, 4) is 0 Å². The van der Waals surface area contributed by atoms with E-state index >= 15 is 0 Å². The van der Waals surface area contributed by atoms with Gasteiger partial charge in [0.1, 0.15) is 5.82 Å². The zero-order valence-electron chi connectivity index (χ0n) is 13.2. The molecule has 1 N–H and O–H groups in total. The number of anilines is 1. The van der Waals surface area contributed by atoms with Crippen molar-refractivity contribution in [1.82, 2.24) is 5.43 Å². The average Bonchev–Trinajstić information content (AvgIpc) is 2.99. The van der Waals surface area contributed by atoms with Crippen LogP contribution in [0.5, 0.6) is 0 Å². The van der Waals surface area contributed by atoms with E-state index in [0.29, 0.717) is 12.1 Å². The third-order valence-electron chi connectivity index (χ3n) is 3.89. The van der Waals surface area contributed by atoms with Gasteiger partial charge in [0.05, 0.1) is 12.1 Å². The maximum Gasteiger partial charge on any atom is 0.245 e. The molecule has 0 aromatic heterocycles. The van der Waals surface area contributed by atoms with Crippen molar-refractivity contribution >= 4 is 39.6 Å².